The number of aryl methyl sites for hydroxylation is 1. The van der Waals surface area contributed by atoms with Gasteiger partial charge < -0.3 is 9.73 Å². The molecule has 2 atom stereocenters. The van der Waals surface area contributed by atoms with Gasteiger partial charge in [0.25, 0.3) is 0 Å². The summed E-state index contributed by atoms with van der Waals surface area (Å²) in [5.41, 5.74) is 1.38. The predicted octanol–water partition coefficient (Wildman–Crippen LogP) is 2.93. The summed E-state index contributed by atoms with van der Waals surface area (Å²) in [6.07, 6.45) is 4.37. The van der Waals surface area contributed by atoms with Crippen molar-refractivity contribution in [2.24, 2.45) is 11.8 Å². The fourth-order valence-corrected chi connectivity index (χ4v) is 3.78. The number of hydrogen-bond donors (Lipinski definition) is 1. The largest absolute Gasteiger partial charge is 0.465 e. The molecule has 0 radical (unpaired) electrons. The lowest BCUT2D eigenvalue weighted by Gasteiger charge is -2.15. The molecule has 3 rings (SSSR count). The monoisotopic (exact) mass is 262 g/mol. The van der Waals surface area contributed by atoms with E-state index in [0.29, 0.717) is 0 Å². The average Bonchev–Trinajstić information content (AvgIpc) is 3.03. The molecule has 0 aromatic carbocycles. The van der Waals surface area contributed by atoms with Gasteiger partial charge >= 0.3 is 0 Å². The Morgan fingerprint density at radius 3 is 2.74 bits per heavy atom. The van der Waals surface area contributed by atoms with Gasteiger partial charge in [0.05, 0.1) is 6.54 Å². The molecular weight excluding hydrogens is 236 g/mol. The molecule has 0 amide bonds. The molecule has 1 aliphatic carbocycles. The first-order valence-electron chi connectivity index (χ1n) is 7.77. The molecule has 1 aromatic rings. The van der Waals surface area contributed by atoms with Crippen molar-refractivity contribution in [2.45, 2.75) is 46.2 Å². The van der Waals surface area contributed by atoms with Crippen molar-refractivity contribution >= 4 is 0 Å². The van der Waals surface area contributed by atoms with Crippen LogP contribution in [0.3, 0.4) is 0 Å². The predicted molar refractivity (Wildman–Crippen MR) is 76.9 cm³/mol. The summed E-state index contributed by atoms with van der Waals surface area (Å²) in [7, 11) is 0. The highest BCUT2D eigenvalue weighted by Crippen LogP contribution is 2.38. The summed E-state index contributed by atoms with van der Waals surface area (Å²) < 4.78 is 5.83. The van der Waals surface area contributed by atoms with Gasteiger partial charge in [-0.1, -0.05) is 13.3 Å². The van der Waals surface area contributed by atoms with Gasteiger partial charge in [-0.15, -0.1) is 0 Å². The minimum atomic E-state index is 0.850. The lowest BCUT2D eigenvalue weighted by molar-refractivity contribution is 0.301. The quantitative estimate of drug-likeness (QED) is 0.884. The van der Waals surface area contributed by atoms with Gasteiger partial charge in [0.15, 0.2) is 0 Å². The molecule has 1 saturated carbocycles. The molecule has 0 spiro atoms. The van der Waals surface area contributed by atoms with E-state index in [2.05, 4.69) is 30.1 Å². The highest BCUT2D eigenvalue weighted by Gasteiger charge is 2.36. The van der Waals surface area contributed by atoms with Crippen LogP contribution in [-0.2, 0) is 13.1 Å². The second-order valence-electron chi connectivity index (χ2n) is 6.22. The molecule has 2 aliphatic rings. The van der Waals surface area contributed by atoms with Crippen LogP contribution in [0.25, 0.3) is 0 Å². The van der Waals surface area contributed by atoms with Crippen molar-refractivity contribution in [1.29, 1.82) is 0 Å². The molecule has 3 heteroatoms. The normalized spacial score (nSPS) is 27.1. The number of nitrogens with zero attached hydrogens (tertiary/aromatic N) is 1. The van der Waals surface area contributed by atoms with E-state index in [1.165, 1.54) is 37.9 Å². The summed E-state index contributed by atoms with van der Waals surface area (Å²) in [4.78, 5) is 2.63. The Kier molecular flexibility index (Phi) is 3.94. The van der Waals surface area contributed by atoms with Crippen LogP contribution >= 0.6 is 0 Å². The van der Waals surface area contributed by atoms with Gasteiger partial charge in [-0.05, 0) is 44.2 Å². The van der Waals surface area contributed by atoms with Gasteiger partial charge in [0.1, 0.15) is 11.5 Å². The lowest BCUT2D eigenvalue weighted by Crippen LogP contribution is -2.21. The van der Waals surface area contributed by atoms with Crippen molar-refractivity contribution in [1.82, 2.24) is 10.2 Å². The van der Waals surface area contributed by atoms with Crippen LogP contribution in [0.1, 0.15) is 43.3 Å². The van der Waals surface area contributed by atoms with Crippen LogP contribution in [0.15, 0.2) is 10.5 Å². The van der Waals surface area contributed by atoms with Crippen LogP contribution < -0.4 is 5.32 Å². The summed E-state index contributed by atoms with van der Waals surface area (Å²) >= 11 is 0. The zero-order valence-corrected chi connectivity index (χ0v) is 12.2. The zero-order chi connectivity index (χ0) is 13.2. The standard InChI is InChI=1S/C16H26N2O/c1-3-17-8-16-7-15(12(2)19-16)11-18-9-13-5-4-6-14(13)10-18/h7,13-14,17H,3-6,8-11H2,1-2H3. The van der Waals surface area contributed by atoms with E-state index in [0.717, 1.165) is 43.0 Å². The fraction of sp³-hybridized carbons (Fsp3) is 0.750. The maximum Gasteiger partial charge on any atom is 0.118 e. The Balaban J connectivity index is 1.59. The van der Waals surface area contributed by atoms with E-state index in [1.807, 2.05) is 0 Å². The number of rotatable bonds is 5. The maximum absolute atomic E-state index is 5.83. The number of furan rings is 1. The first kappa shape index (κ1) is 13.2. The van der Waals surface area contributed by atoms with Gasteiger partial charge in [0, 0.05) is 25.2 Å². The van der Waals surface area contributed by atoms with Gasteiger partial charge in [-0.2, -0.15) is 0 Å². The van der Waals surface area contributed by atoms with Crippen molar-refractivity contribution < 1.29 is 4.42 Å². The smallest absolute Gasteiger partial charge is 0.118 e. The molecule has 3 nitrogen and oxygen atoms in total. The van der Waals surface area contributed by atoms with Gasteiger partial charge in [-0.25, -0.2) is 0 Å². The van der Waals surface area contributed by atoms with Gasteiger partial charge in [0.2, 0.25) is 0 Å². The van der Waals surface area contributed by atoms with E-state index in [1.54, 1.807) is 0 Å². The third-order valence-corrected chi connectivity index (χ3v) is 4.82. The summed E-state index contributed by atoms with van der Waals surface area (Å²) in [6.45, 7) is 9.75. The molecular formula is C16H26N2O. The van der Waals surface area contributed by atoms with Crippen molar-refractivity contribution in [3.8, 4) is 0 Å². The number of nitrogens with one attached hydrogen (secondary N) is 1. The minimum Gasteiger partial charge on any atom is -0.465 e. The first-order valence-corrected chi connectivity index (χ1v) is 7.77. The Labute approximate surface area is 116 Å². The second-order valence-corrected chi connectivity index (χ2v) is 6.22. The Morgan fingerprint density at radius 1 is 1.32 bits per heavy atom. The topological polar surface area (TPSA) is 28.4 Å². The van der Waals surface area contributed by atoms with E-state index >= 15 is 0 Å². The molecule has 1 aliphatic heterocycles. The van der Waals surface area contributed by atoms with Crippen LogP contribution in [0, 0.1) is 18.8 Å². The second kappa shape index (κ2) is 5.68. The van der Waals surface area contributed by atoms with E-state index in [4.69, 9.17) is 4.42 Å². The summed E-state index contributed by atoms with van der Waals surface area (Å²) in [6, 6.07) is 2.24. The van der Waals surface area contributed by atoms with Crippen molar-refractivity contribution in [3.05, 3.63) is 23.2 Å². The number of hydrogen-bond acceptors (Lipinski definition) is 3. The van der Waals surface area contributed by atoms with Crippen molar-refractivity contribution in [3.63, 3.8) is 0 Å². The van der Waals surface area contributed by atoms with E-state index < -0.39 is 0 Å². The third kappa shape index (κ3) is 2.87. The molecule has 2 heterocycles. The Bertz CT molecular complexity index is 414. The number of fused-ring (bicyclic) bond motifs is 1. The molecule has 1 saturated heterocycles. The molecule has 2 unspecified atom stereocenters. The highest BCUT2D eigenvalue weighted by molar-refractivity contribution is 5.21. The average molecular weight is 262 g/mol. The highest BCUT2D eigenvalue weighted by atomic mass is 16.3. The van der Waals surface area contributed by atoms with Crippen LogP contribution in [0.4, 0.5) is 0 Å². The molecule has 0 bridgehead atoms. The SMILES string of the molecule is CCNCc1cc(CN2CC3CCCC3C2)c(C)o1. The van der Waals surface area contributed by atoms with Crippen LogP contribution in [0.2, 0.25) is 0 Å². The fourth-order valence-electron chi connectivity index (χ4n) is 3.78. The van der Waals surface area contributed by atoms with Crippen LogP contribution in [-0.4, -0.2) is 24.5 Å². The third-order valence-electron chi connectivity index (χ3n) is 4.82. The van der Waals surface area contributed by atoms with E-state index in [-0.39, 0.29) is 0 Å². The molecule has 1 aromatic heterocycles. The summed E-state index contributed by atoms with van der Waals surface area (Å²) in [5.74, 6) is 4.14. The number of likely N-dealkylation sites (tertiary alicyclic amines) is 1. The minimum absolute atomic E-state index is 0.850. The molecule has 19 heavy (non-hydrogen) atoms. The van der Waals surface area contributed by atoms with Gasteiger partial charge in [-0.3, -0.25) is 4.90 Å². The zero-order valence-electron chi connectivity index (χ0n) is 12.2. The Hall–Kier alpha value is -0.800. The van der Waals surface area contributed by atoms with Crippen LogP contribution in [0.5, 0.6) is 0 Å². The maximum atomic E-state index is 5.83. The van der Waals surface area contributed by atoms with E-state index in [9.17, 15) is 0 Å². The summed E-state index contributed by atoms with van der Waals surface area (Å²) in [5, 5.41) is 3.32. The van der Waals surface area contributed by atoms with Crippen molar-refractivity contribution in [2.75, 3.05) is 19.6 Å². The molecule has 1 N–H and O–H groups in total. The molecule has 106 valence electrons. The first-order chi connectivity index (χ1) is 9.26. The lowest BCUT2D eigenvalue weighted by atomic mass is 10.0. The Morgan fingerprint density at radius 2 is 2.05 bits per heavy atom. The molecule has 2 fully saturated rings.